The zero-order valence-electron chi connectivity index (χ0n) is 26.4. The van der Waals surface area contributed by atoms with Crippen molar-refractivity contribution in [3.05, 3.63) is 77.1 Å². The fourth-order valence-electron chi connectivity index (χ4n) is 6.44. The van der Waals surface area contributed by atoms with Gasteiger partial charge in [-0.1, -0.05) is 30.3 Å². The molecule has 1 unspecified atom stereocenters. The molecule has 49 heavy (non-hydrogen) atoms. The van der Waals surface area contributed by atoms with Crippen molar-refractivity contribution < 1.29 is 41.0 Å². The highest BCUT2D eigenvalue weighted by molar-refractivity contribution is 5.74. The minimum Gasteiger partial charge on any atom is -0.480 e. The number of nitrogens with one attached hydrogen (secondary N) is 1. The number of aromatic nitrogens is 4. The van der Waals surface area contributed by atoms with Crippen molar-refractivity contribution in [1.82, 2.24) is 25.1 Å². The van der Waals surface area contributed by atoms with Crippen molar-refractivity contribution >= 4 is 17.7 Å². The van der Waals surface area contributed by atoms with Crippen molar-refractivity contribution in [2.24, 2.45) is 5.41 Å². The van der Waals surface area contributed by atoms with Gasteiger partial charge in [-0.2, -0.15) is 41.4 Å². The molecule has 10 nitrogen and oxygen atoms in total. The maximum atomic E-state index is 14.8. The third-order valence-corrected chi connectivity index (χ3v) is 9.33. The van der Waals surface area contributed by atoms with E-state index < -0.39 is 47.6 Å². The van der Waals surface area contributed by atoms with Crippen LogP contribution in [0.1, 0.15) is 47.8 Å². The van der Waals surface area contributed by atoms with Crippen LogP contribution in [0.3, 0.4) is 0 Å². The standard InChI is InChI=1S/C33H33F6N7O3/c1-18-3-4-20(13-19(18)2)21-5-6-22(24(14-21)46-10-7-25(44-46)32(34,35)36)28(33(37,38)39)49-27-15-26(42-30(40)43-27)45-11-8-31(9-12-45)16-23(29(47)48)41-17-31/h3-7,10,13-15,23,28,41H,8-9,11-12,16-17H2,1-2H3,(H,47,48)(H2,40,42,43)/t23?,28-/m1/s1. The molecule has 2 fully saturated rings. The first kappa shape index (κ1) is 34.0. The summed E-state index contributed by atoms with van der Waals surface area (Å²) in [6.45, 7) is 5.19. The van der Waals surface area contributed by atoms with Crippen LogP contribution < -0.4 is 20.7 Å². The van der Waals surface area contributed by atoms with Gasteiger partial charge in [0.25, 0.3) is 0 Å². The molecule has 4 N–H and O–H groups in total. The zero-order valence-corrected chi connectivity index (χ0v) is 26.4. The molecule has 2 saturated heterocycles. The molecule has 4 aromatic rings. The Kier molecular flexibility index (Phi) is 8.71. The summed E-state index contributed by atoms with van der Waals surface area (Å²) < 4.78 is 91.3. The maximum Gasteiger partial charge on any atom is 0.435 e. The molecule has 0 saturated carbocycles. The second-order valence-electron chi connectivity index (χ2n) is 12.6. The average Bonchev–Trinajstić information content (AvgIpc) is 3.69. The van der Waals surface area contributed by atoms with E-state index in [0.717, 1.165) is 28.1 Å². The van der Waals surface area contributed by atoms with E-state index in [-0.39, 0.29) is 22.9 Å². The Morgan fingerprint density at radius 1 is 1.00 bits per heavy atom. The number of nitrogen functional groups attached to an aromatic ring is 1. The van der Waals surface area contributed by atoms with Crippen LogP contribution in [0.2, 0.25) is 0 Å². The summed E-state index contributed by atoms with van der Waals surface area (Å²) in [4.78, 5) is 21.4. The molecule has 0 radical (unpaired) electrons. The number of hydrogen-bond acceptors (Lipinski definition) is 8. The average molecular weight is 690 g/mol. The van der Waals surface area contributed by atoms with Gasteiger partial charge in [-0.3, -0.25) is 4.79 Å². The third kappa shape index (κ3) is 7.14. The highest BCUT2D eigenvalue weighted by Crippen LogP contribution is 2.43. The van der Waals surface area contributed by atoms with Gasteiger partial charge in [0.05, 0.1) is 5.69 Å². The zero-order chi connectivity index (χ0) is 35.3. The highest BCUT2D eigenvalue weighted by atomic mass is 19.4. The normalized spacial score (nSPS) is 18.5. The summed E-state index contributed by atoms with van der Waals surface area (Å²) in [5.41, 5.74) is 6.65. The van der Waals surface area contributed by atoms with Gasteiger partial charge in [0.2, 0.25) is 17.9 Å². The molecule has 4 heterocycles. The Labute approximate surface area is 276 Å². The Hall–Kier alpha value is -4.86. The van der Waals surface area contributed by atoms with E-state index in [2.05, 4.69) is 20.4 Å². The van der Waals surface area contributed by atoms with Crippen molar-refractivity contribution in [2.75, 3.05) is 30.3 Å². The summed E-state index contributed by atoms with van der Waals surface area (Å²) in [6.07, 6.45) is -9.91. The lowest BCUT2D eigenvalue weighted by Gasteiger charge is -2.39. The fourth-order valence-corrected chi connectivity index (χ4v) is 6.44. The quantitative estimate of drug-likeness (QED) is 0.193. The van der Waals surface area contributed by atoms with E-state index in [1.54, 1.807) is 6.07 Å². The van der Waals surface area contributed by atoms with E-state index in [1.165, 1.54) is 18.2 Å². The first-order valence-corrected chi connectivity index (χ1v) is 15.5. The molecule has 16 heteroatoms. The Morgan fingerprint density at radius 2 is 1.69 bits per heavy atom. The predicted molar refractivity (Wildman–Crippen MR) is 167 cm³/mol. The number of aryl methyl sites for hydroxylation is 2. The number of piperidine rings is 1. The summed E-state index contributed by atoms with van der Waals surface area (Å²) in [7, 11) is 0. The number of benzene rings is 2. The first-order valence-electron chi connectivity index (χ1n) is 15.5. The third-order valence-electron chi connectivity index (χ3n) is 9.33. The number of carboxylic acid groups (broad SMARTS) is 1. The lowest BCUT2D eigenvalue weighted by molar-refractivity contribution is -0.198. The number of ether oxygens (including phenoxy) is 1. The molecule has 2 aromatic heterocycles. The Balaban J connectivity index is 1.34. The number of aliphatic carboxylic acids is 1. The van der Waals surface area contributed by atoms with Crippen molar-refractivity contribution in [3.8, 4) is 22.7 Å². The van der Waals surface area contributed by atoms with Crippen LogP contribution in [0.25, 0.3) is 16.8 Å². The second-order valence-corrected chi connectivity index (χ2v) is 12.6. The molecule has 2 atom stereocenters. The smallest absolute Gasteiger partial charge is 0.435 e. The van der Waals surface area contributed by atoms with E-state index in [1.807, 2.05) is 30.9 Å². The SMILES string of the molecule is Cc1ccc(-c2ccc([C@@H](Oc3cc(N4CCC5(CC4)CNC(C(=O)O)C5)nc(N)n3)C(F)(F)F)c(-n3ccc(C(F)(F)F)n3)c2)cc1C. The number of anilines is 2. The second kappa shape index (κ2) is 12.5. The Morgan fingerprint density at radius 3 is 2.31 bits per heavy atom. The van der Waals surface area contributed by atoms with Crippen LogP contribution in [0.4, 0.5) is 38.1 Å². The van der Waals surface area contributed by atoms with Gasteiger partial charge in [-0.15, -0.1) is 0 Å². The van der Waals surface area contributed by atoms with Crippen LogP contribution >= 0.6 is 0 Å². The number of carboxylic acids is 1. The molecule has 6 rings (SSSR count). The largest absolute Gasteiger partial charge is 0.480 e. The molecular weight excluding hydrogens is 656 g/mol. The number of alkyl halides is 6. The number of rotatable bonds is 7. The van der Waals surface area contributed by atoms with Crippen LogP contribution in [-0.4, -0.2) is 62.7 Å². The number of halogens is 6. The van der Waals surface area contributed by atoms with Gasteiger partial charge in [0.15, 0.2) is 5.69 Å². The summed E-state index contributed by atoms with van der Waals surface area (Å²) in [5.74, 6) is -1.51. The number of nitrogens with two attached hydrogens (primary N) is 1. The lowest BCUT2D eigenvalue weighted by Crippen LogP contribution is -2.41. The molecule has 2 aromatic carbocycles. The van der Waals surface area contributed by atoms with Gasteiger partial charge in [-0.05, 0) is 72.9 Å². The lowest BCUT2D eigenvalue weighted by atomic mass is 9.76. The minimum absolute atomic E-state index is 0.225. The molecular formula is C33H33F6N7O3. The van der Waals surface area contributed by atoms with Gasteiger partial charge < -0.3 is 25.8 Å². The van der Waals surface area contributed by atoms with Gasteiger partial charge in [0.1, 0.15) is 11.9 Å². The van der Waals surface area contributed by atoms with Gasteiger partial charge >= 0.3 is 18.3 Å². The maximum absolute atomic E-state index is 14.8. The van der Waals surface area contributed by atoms with Gasteiger partial charge in [-0.25, -0.2) is 4.68 Å². The fraction of sp³-hybridized carbons (Fsp3) is 0.394. The van der Waals surface area contributed by atoms with Crippen molar-refractivity contribution in [1.29, 1.82) is 0 Å². The summed E-state index contributed by atoms with van der Waals surface area (Å²) in [6, 6.07) is 10.7. The first-order chi connectivity index (χ1) is 23.0. The van der Waals surface area contributed by atoms with E-state index >= 15 is 0 Å². The van der Waals surface area contributed by atoms with Crippen LogP contribution in [0.5, 0.6) is 5.88 Å². The topological polar surface area (TPSA) is 131 Å². The van der Waals surface area contributed by atoms with E-state index in [9.17, 15) is 36.2 Å². The number of nitrogens with zero attached hydrogens (tertiary/aromatic N) is 5. The van der Waals surface area contributed by atoms with Crippen LogP contribution in [0, 0.1) is 19.3 Å². The molecule has 0 aliphatic carbocycles. The number of carbonyl (C=O) groups is 1. The van der Waals surface area contributed by atoms with E-state index in [0.29, 0.717) is 56.1 Å². The van der Waals surface area contributed by atoms with Crippen LogP contribution in [0.15, 0.2) is 54.7 Å². The van der Waals surface area contributed by atoms with Crippen LogP contribution in [-0.2, 0) is 11.0 Å². The molecule has 260 valence electrons. The monoisotopic (exact) mass is 689 g/mol. The van der Waals surface area contributed by atoms with Gasteiger partial charge in [0, 0.05) is 37.5 Å². The molecule has 2 aliphatic heterocycles. The molecule has 1 spiro atoms. The summed E-state index contributed by atoms with van der Waals surface area (Å²) in [5, 5.41) is 16.0. The Bertz CT molecular complexity index is 1870. The molecule has 0 amide bonds. The minimum atomic E-state index is -5.05. The van der Waals surface area contributed by atoms with E-state index in [4.69, 9.17) is 10.5 Å². The molecule has 2 aliphatic rings. The number of hydrogen-bond donors (Lipinski definition) is 3. The predicted octanol–water partition coefficient (Wildman–Crippen LogP) is 6.26. The summed E-state index contributed by atoms with van der Waals surface area (Å²) >= 11 is 0. The molecule has 0 bridgehead atoms. The highest BCUT2D eigenvalue weighted by Gasteiger charge is 2.46. The van der Waals surface area contributed by atoms with Crippen molar-refractivity contribution in [3.63, 3.8) is 0 Å². The van der Waals surface area contributed by atoms with Crippen molar-refractivity contribution in [2.45, 2.75) is 57.6 Å².